The lowest BCUT2D eigenvalue weighted by Gasteiger charge is -2.26. The lowest BCUT2D eigenvalue weighted by atomic mass is 9.95. The number of halogens is 2. The van der Waals surface area contributed by atoms with Gasteiger partial charge in [0, 0.05) is 13.0 Å². The van der Waals surface area contributed by atoms with Crippen LogP contribution in [0.25, 0.3) is 0 Å². The summed E-state index contributed by atoms with van der Waals surface area (Å²) in [6.07, 6.45) is 30.5. The zero-order valence-corrected chi connectivity index (χ0v) is 32.1. The second-order valence-electron chi connectivity index (χ2n) is 14.7. The Hall–Kier alpha value is -0.0300. The van der Waals surface area contributed by atoms with Crippen LogP contribution < -0.4 is 0 Å². The van der Waals surface area contributed by atoms with E-state index in [-0.39, 0.29) is 13.0 Å². The molecule has 2 atom stereocenters. The maximum Gasteiger partial charge on any atom is 0.330 e. The average molecular weight is 678 g/mol. The fourth-order valence-corrected chi connectivity index (χ4v) is 8.60. The van der Waals surface area contributed by atoms with Gasteiger partial charge in [0.15, 0.2) is 0 Å². The van der Waals surface area contributed by atoms with E-state index in [1.807, 2.05) is 4.90 Å². The predicted molar refractivity (Wildman–Crippen MR) is 195 cm³/mol. The predicted octanol–water partition coefficient (Wildman–Crippen LogP) is 13.6. The van der Waals surface area contributed by atoms with E-state index in [9.17, 15) is 13.3 Å². The molecule has 0 amide bonds. The van der Waals surface area contributed by atoms with E-state index in [1.54, 1.807) is 0 Å². The monoisotopic (exact) mass is 678 g/mol. The third-order valence-corrected chi connectivity index (χ3v) is 12.0. The first-order chi connectivity index (χ1) is 22.3. The number of unbranched alkanes of at least 4 members (excludes halogenated alkanes) is 16. The van der Waals surface area contributed by atoms with Crippen molar-refractivity contribution < 1.29 is 22.4 Å². The second kappa shape index (κ2) is 28.8. The highest BCUT2D eigenvalue weighted by atomic mass is 31.2. The summed E-state index contributed by atoms with van der Waals surface area (Å²) in [5, 5.41) is 0. The Morgan fingerprint density at radius 2 is 0.957 bits per heavy atom. The van der Waals surface area contributed by atoms with Gasteiger partial charge < -0.3 is 9.05 Å². The molecule has 0 bridgehead atoms. The standard InChI is InChI=1S/C39H78F2NO3P/c1-5-9-13-17-19-23-28-37(26-21-15-11-7-3)34-44-46(43,33-25-31-42-32-30-39(40,41)36-42)45-35-38(27-22-16-12-8-4)29-24-20-18-14-10-6-2/h37-38H,5-36H2,1-4H3. The Labute approximate surface area is 285 Å². The summed E-state index contributed by atoms with van der Waals surface area (Å²) >= 11 is 0. The van der Waals surface area contributed by atoms with Crippen LogP contribution in [0, 0.1) is 11.8 Å². The van der Waals surface area contributed by atoms with Crippen molar-refractivity contribution in [1.29, 1.82) is 0 Å². The molecule has 4 nitrogen and oxygen atoms in total. The van der Waals surface area contributed by atoms with Crippen molar-refractivity contribution in [1.82, 2.24) is 4.90 Å². The molecule has 1 rings (SSSR count). The third kappa shape index (κ3) is 24.2. The first kappa shape index (κ1) is 44.0. The SMILES string of the molecule is CCCCCCCCC(CCCCCC)COP(=O)(CCCN1CCC(F)(F)C1)OCC(CCCCCC)CCCCCCCC. The van der Waals surface area contributed by atoms with Gasteiger partial charge in [-0.25, -0.2) is 8.78 Å². The molecule has 0 aliphatic carbocycles. The highest BCUT2D eigenvalue weighted by Gasteiger charge is 2.38. The molecule has 7 heteroatoms. The van der Waals surface area contributed by atoms with Crippen LogP contribution >= 0.6 is 7.60 Å². The molecule has 0 radical (unpaired) electrons. The van der Waals surface area contributed by atoms with Crippen molar-refractivity contribution in [3.05, 3.63) is 0 Å². The summed E-state index contributed by atoms with van der Waals surface area (Å²) in [5.41, 5.74) is 0. The summed E-state index contributed by atoms with van der Waals surface area (Å²) < 4.78 is 54.7. The molecule has 0 aromatic heterocycles. The van der Waals surface area contributed by atoms with Crippen molar-refractivity contribution in [3.8, 4) is 0 Å². The smallest absolute Gasteiger partial charge is 0.308 e. The first-order valence-electron chi connectivity index (χ1n) is 20.3. The Morgan fingerprint density at radius 3 is 1.33 bits per heavy atom. The van der Waals surface area contributed by atoms with E-state index in [0.29, 0.717) is 50.7 Å². The normalized spacial score (nSPS) is 17.8. The molecule has 0 aromatic carbocycles. The van der Waals surface area contributed by atoms with E-state index in [4.69, 9.17) is 9.05 Å². The van der Waals surface area contributed by atoms with E-state index in [1.165, 1.54) is 128 Å². The summed E-state index contributed by atoms with van der Waals surface area (Å²) in [6, 6.07) is 0. The summed E-state index contributed by atoms with van der Waals surface area (Å²) in [4.78, 5) is 1.81. The largest absolute Gasteiger partial charge is 0.330 e. The van der Waals surface area contributed by atoms with Crippen molar-refractivity contribution in [3.63, 3.8) is 0 Å². The Balaban J connectivity index is 2.83. The minimum atomic E-state index is -3.33. The maximum absolute atomic E-state index is 14.4. The quantitative estimate of drug-likeness (QED) is 0.0502. The van der Waals surface area contributed by atoms with E-state index in [2.05, 4.69) is 27.7 Å². The highest BCUT2D eigenvalue weighted by molar-refractivity contribution is 7.53. The minimum Gasteiger partial charge on any atom is -0.308 e. The zero-order chi connectivity index (χ0) is 33.8. The number of hydrogen-bond donors (Lipinski definition) is 0. The van der Waals surface area contributed by atoms with Crippen LogP contribution in [-0.4, -0.2) is 49.8 Å². The average Bonchev–Trinajstić information content (AvgIpc) is 3.39. The van der Waals surface area contributed by atoms with Crippen molar-refractivity contribution in [2.45, 2.75) is 201 Å². The second-order valence-corrected chi connectivity index (χ2v) is 16.9. The van der Waals surface area contributed by atoms with Crippen molar-refractivity contribution in [2.24, 2.45) is 11.8 Å². The summed E-state index contributed by atoms with van der Waals surface area (Å²) in [6.45, 7) is 10.8. The zero-order valence-electron chi connectivity index (χ0n) is 31.2. The van der Waals surface area contributed by atoms with Crippen LogP contribution in [0.1, 0.15) is 195 Å². The highest BCUT2D eigenvalue weighted by Crippen LogP contribution is 2.50. The molecule has 0 N–H and O–H groups in total. The third-order valence-electron chi connectivity index (χ3n) is 10.0. The fraction of sp³-hybridized carbons (Fsp3) is 1.00. The molecule has 276 valence electrons. The maximum atomic E-state index is 14.4. The molecule has 2 unspecified atom stereocenters. The Kier molecular flexibility index (Phi) is 27.5. The molecule has 0 aromatic rings. The van der Waals surface area contributed by atoms with Crippen LogP contribution in [0.2, 0.25) is 0 Å². The lowest BCUT2D eigenvalue weighted by Crippen LogP contribution is -2.26. The molecule has 1 fully saturated rings. The van der Waals surface area contributed by atoms with Gasteiger partial charge in [-0.15, -0.1) is 0 Å². The summed E-state index contributed by atoms with van der Waals surface area (Å²) in [7, 11) is -3.33. The molecule has 1 aliphatic rings. The molecular weight excluding hydrogens is 599 g/mol. The molecule has 1 saturated heterocycles. The van der Waals surface area contributed by atoms with Gasteiger partial charge in [0.2, 0.25) is 0 Å². The molecule has 0 spiro atoms. The number of likely N-dealkylation sites (tertiary alicyclic amines) is 1. The van der Waals surface area contributed by atoms with Crippen LogP contribution in [0.5, 0.6) is 0 Å². The molecular formula is C39H78F2NO3P. The van der Waals surface area contributed by atoms with Gasteiger partial charge in [-0.1, -0.05) is 156 Å². The number of alkyl halides is 2. The van der Waals surface area contributed by atoms with Crippen LogP contribution in [0.15, 0.2) is 0 Å². The van der Waals surface area contributed by atoms with Gasteiger partial charge in [0.1, 0.15) is 0 Å². The van der Waals surface area contributed by atoms with E-state index < -0.39 is 13.5 Å². The minimum absolute atomic E-state index is 0.0754. The molecule has 1 heterocycles. The Morgan fingerprint density at radius 1 is 0.587 bits per heavy atom. The Bertz CT molecular complexity index is 685. The lowest BCUT2D eigenvalue weighted by molar-refractivity contribution is 0.0122. The van der Waals surface area contributed by atoms with Gasteiger partial charge >= 0.3 is 7.60 Å². The van der Waals surface area contributed by atoms with Crippen LogP contribution in [0.4, 0.5) is 8.78 Å². The van der Waals surface area contributed by atoms with Crippen molar-refractivity contribution >= 4 is 7.60 Å². The molecule has 0 saturated carbocycles. The van der Waals surface area contributed by atoms with Crippen LogP contribution in [0.3, 0.4) is 0 Å². The van der Waals surface area contributed by atoms with Gasteiger partial charge in [-0.2, -0.15) is 0 Å². The summed E-state index contributed by atoms with van der Waals surface area (Å²) in [5.74, 6) is -1.78. The van der Waals surface area contributed by atoms with E-state index >= 15 is 0 Å². The molecule has 1 aliphatic heterocycles. The topological polar surface area (TPSA) is 38.8 Å². The van der Waals surface area contributed by atoms with Gasteiger partial charge in [0.05, 0.1) is 25.9 Å². The first-order valence-corrected chi connectivity index (χ1v) is 22.0. The molecule has 46 heavy (non-hydrogen) atoms. The van der Waals surface area contributed by atoms with Gasteiger partial charge in [-0.05, 0) is 50.5 Å². The van der Waals surface area contributed by atoms with E-state index in [0.717, 1.165) is 25.7 Å². The van der Waals surface area contributed by atoms with Gasteiger partial charge in [-0.3, -0.25) is 9.46 Å². The number of hydrogen-bond acceptors (Lipinski definition) is 4. The number of nitrogens with zero attached hydrogens (tertiary/aromatic N) is 1. The van der Waals surface area contributed by atoms with Crippen molar-refractivity contribution in [2.75, 3.05) is 39.0 Å². The van der Waals surface area contributed by atoms with Gasteiger partial charge in [0.25, 0.3) is 5.92 Å². The van der Waals surface area contributed by atoms with Crippen LogP contribution in [-0.2, 0) is 13.6 Å². The number of rotatable bonds is 34. The fourth-order valence-electron chi connectivity index (χ4n) is 6.86.